The number of likely N-dealkylation sites (tertiary alicyclic amines) is 1. The Kier molecular flexibility index (Phi) is 4.94. The molecule has 1 fully saturated rings. The molecule has 0 aliphatic carbocycles. The number of rotatable bonds is 4. The van der Waals surface area contributed by atoms with Crippen molar-refractivity contribution in [2.75, 3.05) is 13.1 Å². The van der Waals surface area contributed by atoms with E-state index in [1.54, 1.807) is 12.1 Å². The minimum atomic E-state index is -0.0859. The fourth-order valence-corrected chi connectivity index (χ4v) is 3.17. The molecule has 1 aromatic carbocycles. The van der Waals surface area contributed by atoms with Crippen molar-refractivity contribution in [2.24, 2.45) is 11.7 Å². The molecule has 0 aromatic heterocycles. The van der Waals surface area contributed by atoms with Gasteiger partial charge in [-0.15, -0.1) is 0 Å². The summed E-state index contributed by atoms with van der Waals surface area (Å²) in [4.78, 5) is 2.41. The van der Waals surface area contributed by atoms with E-state index in [2.05, 4.69) is 18.7 Å². The molecular weight excluding hydrogens is 239 g/mol. The zero-order chi connectivity index (χ0) is 13.8. The van der Waals surface area contributed by atoms with E-state index < -0.39 is 0 Å². The maximum atomic E-state index is 14.0. The summed E-state index contributed by atoms with van der Waals surface area (Å²) in [5.74, 6) is 0.451. The number of halogens is 1. The molecule has 2 N–H and O–H groups in total. The van der Waals surface area contributed by atoms with Crippen LogP contribution in [0.2, 0.25) is 0 Å². The molecule has 0 saturated carbocycles. The van der Waals surface area contributed by atoms with Crippen molar-refractivity contribution in [1.82, 2.24) is 4.90 Å². The van der Waals surface area contributed by atoms with Crippen LogP contribution >= 0.6 is 0 Å². The molecule has 2 nitrogen and oxygen atoms in total. The van der Waals surface area contributed by atoms with Crippen LogP contribution in [0.3, 0.4) is 0 Å². The van der Waals surface area contributed by atoms with E-state index >= 15 is 0 Å². The van der Waals surface area contributed by atoms with E-state index in [9.17, 15) is 4.39 Å². The quantitative estimate of drug-likeness (QED) is 0.903. The second-order valence-corrected chi connectivity index (χ2v) is 5.70. The zero-order valence-electron chi connectivity index (χ0n) is 12.0. The summed E-state index contributed by atoms with van der Waals surface area (Å²) in [6.07, 6.45) is 3.30. The van der Waals surface area contributed by atoms with Gasteiger partial charge in [-0.05, 0) is 44.7 Å². The maximum absolute atomic E-state index is 14.0. The van der Waals surface area contributed by atoms with Gasteiger partial charge < -0.3 is 5.73 Å². The lowest BCUT2D eigenvalue weighted by Crippen LogP contribution is -2.43. The minimum absolute atomic E-state index is 0.0859. The smallest absolute Gasteiger partial charge is 0.127 e. The Morgan fingerprint density at radius 2 is 2.16 bits per heavy atom. The van der Waals surface area contributed by atoms with Gasteiger partial charge in [0, 0.05) is 24.2 Å². The SMILES string of the molecule is CCC(c1ccccc1F)N1CCCC(C(C)N)C1. The van der Waals surface area contributed by atoms with Gasteiger partial charge in [-0.1, -0.05) is 25.1 Å². The van der Waals surface area contributed by atoms with Crippen molar-refractivity contribution in [3.8, 4) is 0 Å². The lowest BCUT2D eigenvalue weighted by molar-refractivity contribution is 0.108. The molecular formula is C16H25FN2. The second-order valence-electron chi connectivity index (χ2n) is 5.70. The Labute approximate surface area is 115 Å². The third kappa shape index (κ3) is 3.34. The van der Waals surface area contributed by atoms with Gasteiger partial charge in [0.05, 0.1) is 0 Å². The summed E-state index contributed by atoms with van der Waals surface area (Å²) in [6, 6.07) is 7.56. The second kappa shape index (κ2) is 6.49. The lowest BCUT2D eigenvalue weighted by Gasteiger charge is -2.39. The van der Waals surface area contributed by atoms with Gasteiger partial charge in [0.25, 0.3) is 0 Å². The first-order valence-electron chi connectivity index (χ1n) is 7.37. The average molecular weight is 264 g/mol. The molecule has 1 aromatic rings. The largest absolute Gasteiger partial charge is 0.328 e. The van der Waals surface area contributed by atoms with Gasteiger partial charge in [0.1, 0.15) is 5.82 Å². The Morgan fingerprint density at radius 1 is 1.42 bits per heavy atom. The van der Waals surface area contributed by atoms with Crippen LogP contribution in [0.15, 0.2) is 24.3 Å². The standard InChI is InChI=1S/C16H25FN2/c1-3-16(14-8-4-5-9-15(14)17)19-10-6-7-13(11-19)12(2)18/h4-5,8-9,12-13,16H,3,6-7,10-11,18H2,1-2H3. The van der Waals surface area contributed by atoms with E-state index in [0.717, 1.165) is 31.5 Å². The highest BCUT2D eigenvalue weighted by Crippen LogP contribution is 2.31. The van der Waals surface area contributed by atoms with Crippen LogP contribution in [0.4, 0.5) is 4.39 Å². The average Bonchev–Trinajstić information content (AvgIpc) is 2.42. The number of hydrogen-bond donors (Lipinski definition) is 1. The van der Waals surface area contributed by atoms with E-state index in [1.807, 2.05) is 12.1 Å². The molecule has 0 spiro atoms. The number of piperidine rings is 1. The molecule has 1 aliphatic heterocycles. The van der Waals surface area contributed by atoms with Crippen molar-refractivity contribution < 1.29 is 4.39 Å². The van der Waals surface area contributed by atoms with Crippen LogP contribution in [0, 0.1) is 11.7 Å². The number of nitrogens with two attached hydrogens (primary N) is 1. The van der Waals surface area contributed by atoms with Crippen LogP contribution in [-0.4, -0.2) is 24.0 Å². The van der Waals surface area contributed by atoms with Gasteiger partial charge in [0.2, 0.25) is 0 Å². The molecule has 2 rings (SSSR count). The van der Waals surface area contributed by atoms with Crippen LogP contribution in [0.25, 0.3) is 0 Å². The summed E-state index contributed by atoms with van der Waals surface area (Å²) in [7, 11) is 0. The third-order valence-electron chi connectivity index (χ3n) is 4.32. The van der Waals surface area contributed by atoms with Gasteiger partial charge in [0.15, 0.2) is 0 Å². The van der Waals surface area contributed by atoms with Crippen LogP contribution < -0.4 is 5.73 Å². The van der Waals surface area contributed by atoms with Crippen molar-refractivity contribution in [3.63, 3.8) is 0 Å². The first-order chi connectivity index (χ1) is 9.13. The first kappa shape index (κ1) is 14.5. The topological polar surface area (TPSA) is 29.3 Å². The minimum Gasteiger partial charge on any atom is -0.328 e. The van der Waals surface area contributed by atoms with Crippen LogP contribution in [-0.2, 0) is 0 Å². The monoisotopic (exact) mass is 264 g/mol. The highest BCUT2D eigenvalue weighted by molar-refractivity contribution is 5.21. The number of benzene rings is 1. The van der Waals surface area contributed by atoms with Crippen LogP contribution in [0.5, 0.6) is 0 Å². The van der Waals surface area contributed by atoms with E-state index in [4.69, 9.17) is 5.73 Å². The zero-order valence-corrected chi connectivity index (χ0v) is 12.0. The summed E-state index contributed by atoms with van der Waals surface area (Å²) in [5, 5.41) is 0. The van der Waals surface area contributed by atoms with Gasteiger partial charge in [-0.25, -0.2) is 4.39 Å². The number of hydrogen-bond acceptors (Lipinski definition) is 2. The van der Waals surface area contributed by atoms with E-state index in [1.165, 1.54) is 6.42 Å². The Bertz CT molecular complexity index is 405. The van der Waals surface area contributed by atoms with Crippen molar-refractivity contribution in [2.45, 2.75) is 45.2 Å². The summed E-state index contributed by atoms with van der Waals surface area (Å²) < 4.78 is 14.0. The molecule has 3 atom stereocenters. The molecule has 1 aliphatic rings. The van der Waals surface area contributed by atoms with Gasteiger partial charge >= 0.3 is 0 Å². The fraction of sp³-hybridized carbons (Fsp3) is 0.625. The van der Waals surface area contributed by atoms with Gasteiger partial charge in [-0.2, -0.15) is 0 Å². The van der Waals surface area contributed by atoms with E-state index in [-0.39, 0.29) is 17.9 Å². The van der Waals surface area contributed by atoms with Crippen LogP contribution in [0.1, 0.15) is 44.7 Å². The van der Waals surface area contributed by atoms with Crippen molar-refractivity contribution >= 4 is 0 Å². The number of nitrogens with zero attached hydrogens (tertiary/aromatic N) is 1. The summed E-state index contributed by atoms with van der Waals surface area (Å²) in [6.45, 7) is 6.26. The van der Waals surface area contributed by atoms with E-state index in [0.29, 0.717) is 5.92 Å². The Hall–Kier alpha value is -0.930. The normalized spacial score (nSPS) is 24.1. The highest BCUT2D eigenvalue weighted by Gasteiger charge is 2.28. The molecule has 0 radical (unpaired) electrons. The van der Waals surface area contributed by atoms with Gasteiger partial charge in [-0.3, -0.25) is 4.90 Å². The molecule has 106 valence electrons. The predicted octanol–water partition coefficient (Wildman–Crippen LogP) is 3.34. The molecule has 0 amide bonds. The summed E-state index contributed by atoms with van der Waals surface area (Å²) in [5.41, 5.74) is 6.87. The third-order valence-corrected chi connectivity index (χ3v) is 4.32. The molecule has 0 bridgehead atoms. The molecule has 1 saturated heterocycles. The summed E-state index contributed by atoms with van der Waals surface area (Å²) >= 11 is 0. The lowest BCUT2D eigenvalue weighted by atomic mass is 9.89. The predicted molar refractivity (Wildman–Crippen MR) is 77.4 cm³/mol. The Balaban J connectivity index is 2.16. The first-order valence-corrected chi connectivity index (χ1v) is 7.37. The maximum Gasteiger partial charge on any atom is 0.127 e. The fourth-order valence-electron chi connectivity index (χ4n) is 3.17. The molecule has 3 unspecified atom stereocenters. The van der Waals surface area contributed by atoms with Crippen molar-refractivity contribution in [1.29, 1.82) is 0 Å². The molecule has 19 heavy (non-hydrogen) atoms. The Morgan fingerprint density at radius 3 is 2.79 bits per heavy atom. The molecule has 1 heterocycles. The molecule has 3 heteroatoms. The van der Waals surface area contributed by atoms with Crippen molar-refractivity contribution in [3.05, 3.63) is 35.6 Å². The highest BCUT2D eigenvalue weighted by atomic mass is 19.1.